The van der Waals surface area contributed by atoms with Crippen LogP contribution in [-0.4, -0.2) is 70.1 Å². The van der Waals surface area contributed by atoms with E-state index < -0.39 is 24.3 Å². The molecule has 0 aliphatic carbocycles. The summed E-state index contributed by atoms with van der Waals surface area (Å²) in [4.78, 5) is 13.2. The highest BCUT2D eigenvalue weighted by Gasteiger charge is 2.46. The molecule has 1 fully saturated rings. The van der Waals surface area contributed by atoms with Crippen molar-refractivity contribution in [3.8, 4) is 11.1 Å². The maximum atomic E-state index is 11.3. The smallest absolute Gasteiger partial charge is 0.216 e. The minimum atomic E-state index is -1.02. The molecule has 0 saturated carbocycles. The van der Waals surface area contributed by atoms with Gasteiger partial charge in [-0.15, -0.1) is 0 Å². The van der Waals surface area contributed by atoms with Gasteiger partial charge in [-0.2, -0.15) is 0 Å². The number of hydrogen-bond donors (Lipinski definition) is 4. The Morgan fingerprint density at radius 2 is 1.59 bits per heavy atom. The minimum Gasteiger partial charge on any atom is -0.395 e. The van der Waals surface area contributed by atoms with Crippen LogP contribution < -0.4 is 5.32 Å². The van der Waals surface area contributed by atoms with Gasteiger partial charge in [-0.1, -0.05) is 54.6 Å². The van der Waals surface area contributed by atoms with Gasteiger partial charge in [0.1, 0.15) is 0 Å². The fourth-order valence-electron chi connectivity index (χ4n) is 4.08. The van der Waals surface area contributed by atoms with Crippen LogP contribution in [0.4, 0.5) is 0 Å². The monoisotopic (exact) mass is 398 g/mol. The molecule has 2 aromatic carbocycles. The van der Waals surface area contributed by atoms with Gasteiger partial charge in [-0.05, 0) is 36.1 Å². The fraction of sp³-hybridized carbons (Fsp3) is 0.435. The van der Waals surface area contributed by atoms with E-state index in [1.807, 2.05) is 23.1 Å². The summed E-state index contributed by atoms with van der Waals surface area (Å²) in [5.74, 6) is -0.183. The molecule has 6 heteroatoms. The van der Waals surface area contributed by atoms with E-state index in [0.29, 0.717) is 6.54 Å². The summed E-state index contributed by atoms with van der Waals surface area (Å²) in [6, 6.07) is 17.8. The lowest BCUT2D eigenvalue weighted by Gasteiger charge is -2.29. The number of aliphatic hydroxyl groups excluding tert-OH is 3. The van der Waals surface area contributed by atoms with Crippen LogP contribution in [0.5, 0.6) is 0 Å². The maximum Gasteiger partial charge on any atom is 0.216 e. The summed E-state index contributed by atoms with van der Waals surface area (Å²) in [5.41, 5.74) is 3.57. The summed E-state index contributed by atoms with van der Waals surface area (Å²) in [7, 11) is 0. The largest absolute Gasteiger partial charge is 0.395 e. The Kier molecular flexibility index (Phi) is 7.39. The van der Waals surface area contributed by atoms with Gasteiger partial charge in [0.25, 0.3) is 0 Å². The Balaban J connectivity index is 1.59. The van der Waals surface area contributed by atoms with Crippen molar-refractivity contribution in [2.45, 2.75) is 44.1 Å². The molecule has 1 heterocycles. The molecule has 0 aromatic heterocycles. The van der Waals surface area contributed by atoms with Crippen LogP contribution in [0, 0.1) is 0 Å². The molecule has 4 N–H and O–H groups in total. The van der Waals surface area contributed by atoms with Gasteiger partial charge < -0.3 is 20.6 Å². The number of aliphatic hydroxyl groups is 3. The van der Waals surface area contributed by atoms with Crippen LogP contribution in [0.15, 0.2) is 54.6 Å². The number of carbonyl (C=O) groups is 1. The molecule has 6 nitrogen and oxygen atoms in total. The lowest BCUT2D eigenvalue weighted by Crippen LogP contribution is -2.47. The average molecular weight is 399 g/mol. The van der Waals surface area contributed by atoms with Crippen molar-refractivity contribution >= 4 is 5.91 Å². The predicted octanol–water partition coefficient (Wildman–Crippen LogP) is 1.19. The summed E-state index contributed by atoms with van der Waals surface area (Å²) in [6.07, 6.45) is -0.354. The van der Waals surface area contributed by atoms with Crippen molar-refractivity contribution in [3.63, 3.8) is 0 Å². The number of carbonyl (C=O) groups excluding carboxylic acids is 1. The second kappa shape index (κ2) is 9.98. The van der Waals surface area contributed by atoms with Crippen molar-refractivity contribution < 1.29 is 20.1 Å². The summed E-state index contributed by atoms with van der Waals surface area (Å²) in [5, 5.41) is 33.0. The predicted molar refractivity (Wildman–Crippen MR) is 112 cm³/mol. The zero-order valence-electron chi connectivity index (χ0n) is 16.7. The third kappa shape index (κ3) is 5.22. The van der Waals surface area contributed by atoms with Gasteiger partial charge in [0.2, 0.25) is 5.91 Å². The lowest BCUT2D eigenvalue weighted by atomic mass is 10.0. The minimum absolute atomic E-state index is 0.183. The molecule has 156 valence electrons. The van der Waals surface area contributed by atoms with E-state index in [2.05, 4.69) is 41.7 Å². The molecule has 0 bridgehead atoms. The normalized spacial score (nSPS) is 24.6. The molecule has 3 rings (SSSR count). The molecule has 1 aliphatic heterocycles. The van der Waals surface area contributed by atoms with Crippen LogP contribution in [0.25, 0.3) is 11.1 Å². The molecule has 1 amide bonds. The first-order valence-corrected chi connectivity index (χ1v) is 10.1. The van der Waals surface area contributed by atoms with E-state index >= 15 is 0 Å². The highest BCUT2D eigenvalue weighted by Crippen LogP contribution is 2.26. The SMILES string of the molecule is CC(=O)NCC1C(O)C(O)C(CO)N1CCCc1ccc(-c2ccccc2)cc1. The van der Waals surface area contributed by atoms with Gasteiger partial charge in [0.05, 0.1) is 30.9 Å². The zero-order valence-corrected chi connectivity index (χ0v) is 16.7. The summed E-state index contributed by atoms with van der Waals surface area (Å²) < 4.78 is 0. The van der Waals surface area contributed by atoms with Crippen molar-refractivity contribution in [3.05, 3.63) is 60.2 Å². The van der Waals surface area contributed by atoms with Crippen LogP contribution in [0.3, 0.4) is 0 Å². The lowest BCUT2D eigenvalue weighted by molar-refractivity contribution is -0.119. The Bertz CT molecular complexity index is 781. The Labute approximate surface area is 171 Å². The first kappa shape index (κ1) is 21.5. The van der Waals surface area contributed by atoms with Gasteiger partial charge >= 0.3 is 0 Å². The quantitative estimate of drug-likeness (QED) is 0.536. The molecule has 4 unspecified atom stereocenters. The molecule has 4 atom stereocenters. The van der Waals surface area contributed by atoms with Crippen molar-refractivity contribution in [2.75, 3.05) is 19.7 Å². The van der Waals surface area contributed by atoms with Crippen LogP contribution in [0.2, 0.25) is 0 Å². The van der Waals surface area contributed by atoms with E-state index in [1.165, 1.54) is 23.6 Å². The number of hydrogen-bond acceptors (Lipinski definition) is 5. The van der Waals surface area contributed by atoms with Crippen molar-refractivity contribution in [2.24, 2.45) is 0 Å². The van der Waals surface area contributed by atoms with E-state index in [0.717, 1.165) is 12.8 Å². The Morgan fingerprint density at radius 3 is 2.21 bits per heavy atom. The van der Waals surface area contributed by atoms with E-state index in [4.69, 9.17) is 0 Å². The highest BCUT2D eigenvalue weighted by atomic mass is 16.3. The maximum absolute atomic E-state index is 11.3. The van der Waals surface area contributed by atoms with Gasteiger partial charge in [-0.3, -0.25) is 9.69 Å². The van der Waals surface area contributed by atoms with E-state index in [9.17, 15) is 20.1 Å². The van der Waals surface area contributed by atoms with Crippen LogP contribution in [0.1, 0.15) is 18.9 Å². The first-order chi connectivity index (χ1) is 14.0. The zero-order chi connectivity index (χ0) is 20.8. The molecule has 1 aliphatic rings. The number of nitrogens with zero attached hydrogens (tertiary/aromatic N) is 1. The number of nitrogens with one attached hydrogen (secondary N) is 1. The first-order valence-electron chi connectivity index (χ1n) is 10.1. The van der Waals surface area contributed by atoms with Gasteiger partial charge in [0, 0.05) is 13.5 Å². The van der Waals surface area contributed by atoms with Crippen LogP contribution in [-0.2, 0) is 11.2 Å². The number of likely N-dealkylation sites (tertiary alicyclic amines) is 1. The molecule has 29 heavy (non-hydrogen) atoms. The Hall–Kier alpha value is -2.25. The third-order valence-electron chi connectivity index (χ3n) is 5.68. The molecule has 0 radical (unpaired) electrons. The van der Waals surface area contributed by atoms with Crippen molar-refractivity contribution in [1.82, 2.24) is 10.2 Å². The number of aryl methyl sites for hydroxylation is 1. The number of benzene rings is 2. The molecule has 0 spiro atoms. The molecular formula is C23H30N2O4. The third-order valence-corrected chi connectivity index (χ3v) is 5.68. The van der Waals surface area contributed by atoms with E-state index in [1.54, 1.807) is 0 Å². The van der Waals surface area contributed by atoms with Gasteiger partial charge in [-0.25, -0.2) is 0 Å². The highest BCUT2D eigenvalue weighted by molar-refractivity contribution is 5.72. The molecular weight excluding hydrogens is 368 g/mol. The van der Waals surface area contributed by atoms with Crippen LogP contribution >= 0.6 is 0 Å². The average Bonchev–Trinajstić information content (AvgIpc) is 2.96. The molecule has 1 saturated heterocycles. The summed E-state index contributed by atoms with van der Waals surface area (Å²) in [6.45, 7) is 2.05. The summed E-state index contributed by atoms with van der Waals surface area (Å²) >= 11 is 0. The second-order valence-electron chi connectivity index (χ2n) is 7.64. The van der Waals surface area contributed by atoms with Gasteiger partial charge in [0.15, 0.2) is 0 Å². The second-order valence-corrected chi connectivity index (χ2v) is 7.64. The number of rotatable bonds is 8. The fourth-order valence-corrected chi connectivity index (χ4v) is 4.08. The Morgan fingerprint density at radius 1 is 0.966 bits per heavy atom. The standard InChI is InChI=1S/C23H30N2O4/c1-16(27)24-14-20-22(28)23(29)21(15-26)25(20)13-5-6-17-9-11-19(12-10-17)18-7-3-2-4-8-18/h2-4,7-12,20-23,26,28-29H,5-6,13-15H2,1H3,(H,24,27). The number of amides is 1. The van der Waals surface area contributed by atoms with E-state index in [-0.39, 0.29) is 19.1 Å². The van der Waals surface area contributed by atoms with Crippen molar-refractivity contribution in [1.29, 1.82) is 0 Å². The molecule has 2 aromatic rings. The topological polar surface area (TPSA) is 93.0 Å².